The van der Waals surface area contributed by atoms with E-state index in [2.05, 4.69) is 10.3 Å². The molecule has 0 spiro atoms. The minimum Gasteiger partial charge on any atom is -0.421 e. The van der Waals surface area contributed by atoms with Crippen molar-refractivity contribution in [2.24, 2.45) is 0 Å². The molecule has 0 aliphatic rings. The number of nitrogens with zero attached hydrogens (tertiary/aromatic N) is 3. The lowest BCUT2D eigenvalue weighted by atomic mass is 10.1. The number of para-hydroxylation sites is 1. The standard InChI is InChI=1S/C13H13N3O2/c1-13(2,3)16-11-8-6-4-5-7-9(8)18-12(17)10(11)14-15-16/h4-7H,1-3H3. The van der Waals surface area contributed by atoms with Crippen LogP contribution in [0.4, 0.5) is 0 Å². The highest BCUT2D eigenvalue weighted by molar-refractivity contribution is 6.00. The van der Waals surface area contributed by atoms with E-state index in [0.29, 0.717) is 5.58 Å². The highest BCUT2D eigenvalue weighted by Crippen LogP contribution is 2.25. The number of aromatic nitrogens is 3. The molecule has 0 saturated heterocycles. The van der Waals surface area contributed by atoms with Crippen molar-refractivity contribution < 1.29 is 4.42 Å². The maximum Gasteiger partial charge on any atom is 0.366 e. The first-order chi connectivity index (χ1) is 8.48. The van der Waals surface area contributed by atoms with Crippen LogP contribution < -0.4 is 5.63 Å². The molecule has 2 heterocycles. The molecule has 0 unspecified atom stereocenters. The molecule has 0 N–H and O–H groups in total. The van der Waals surface area contributed by atoms with Crippen LogP contribution in [0.5, 0.6) is 0 Å². The molecule has 0 fully saturated rings. The summed E-state index contributed by atoms with van der Waals surface area (Å²) in [4.78, 5) is 11.9. The van der Waals surface area contributed by atoms with Gasteiger partial charge in [-0.2, -0.15) is 0 Å². The van der Waals surface area contributed by atoms with E-state index >= 15 is 0 Å². The molecule has 0 aliphatic heterocycles. The van der Waals surface area contributed by atoms with E-state index in [1.54, 1.807) is 10.7 Å². The lowest BCUT2D eigenvalue weighted by Crippen LogP contribution is -2.23. The quantitative estimate of drug-likeness (QED) is 0.568. The molecule has 5 nitrogen and oxygen atoms in total. The van der Waals surface area contributed by atoms with Crippen LogP contribution >= 0.6 is 0 Å². The highest BCUT2D eigenvalue weighted by Gasteiger charge is 2.22. The third kappa shape index (κ3) is 1.44. The molecule has 1 aromatic carbocycles. The van der Waals surface area contributed by atoms with Crippen LogP contribution in [0.15, 0.2) is 33.5 Å². The molecule has 2 aromatic heterocycles. The van der Waals surface area contributed by atoms with E-state index in [4.69, 9.17) is 4.42 Å². The maximum atomic E-state index is 11.9. The summed E-state index contributed by atoms with van der Waals surface area (Å²) in [5, 5.41) is 8.88. The summed E-state index contributed by atoms with van der Waals surface area (Å²) >= 11 is 0. The van der Waals surface area contributed by atoms with Gasteiger partial charge in [0.05, 0.1) is 5.54 Å². The molecule has 18 heavy (non-hydrogen) atoms. The number of hydrogen-bond acceptors (Lipinski definition) is 4. The van der Waals surface area contributed by atoms with Gasteiger partial charge in [0.15, 0.2) is 5.52 Å². The molecule has 3 aromatic rings. The van der Waals surface area contributed by atoms with Gasteiger partial charge in [0, 0.05) is 5.39 Å². The van der Waals surface area contributed by atoms with E-state index in [9.17, 15) is 4.79 Å². The third-order valence-electron chi connectivity index (χ3n) is 2.84. The van der Waals surface area contributed by atoms with Gasteiger partial charge in [-0.1, -0.05) is 17.3 Å². The summed E-state index contributed by atoms with van der Waals surface area (Å²) in [6.07, 6.45) is 0. The van der Waals surface area contributed by atoms with E-state index in [1.165, 1.54) is 0 Å². The summed E-state index contributed by atoms with van der Waals surface area (Å²) in [6, 6.07) is 7.42. The normalized spacial score (nSPS) is 12.4. The van der Waals surface area contributed by atoms with Crippen LogP contribution in [0.1, 0.15) is 20.8 Å². The fraction of sp³-hybridized carbons (Fsp3) is 0.308. The Morgan fingerprint density at radius 3 is 2.67 bits per heavy atom. The van der Waals surface area contributed by atoms with Crippen molar-refractivity contribution in [1.82, 2.24) is 15.0 Å². The number of rotatable bonds is 0. The van der Waals surface area contributed by atoms with Crippen LogP contribution in [0.25, 0.3) is 22.0 Å². The summed E-state index contributed by atoms with van der Waals surface area (Å²) in [7, 11) is 0. The molecule has 5 heteroatoms. The van der Waals surface area contributed by atoms with Crippen molar-refractivity contribution in [1.29, 1.82) is 0 Å². The monoisotopic (exact) mass is 243 g/mol. The van der Waals surface area contributed by atoms with E-state index in [-0.39, 0.29) is 11.1 Å². The van der Waals surface area contributed by atoms with Crippen molar-refractivity contribution in [3.8, 4) is 0 Å². The number of hydrogen-bond donors (Lipinski definition) is 0. The zero-order chi connectivity index (χ0) is 12.9. The van der Waals surface area contributed by atoms with Crippen molar-refractivity contribution in [3.05, 3.63) is 34.7 Å². The lowest BCUT2D eigenvalue weighted by molar-refractivity contribution is 0.359. The Morgan fingerprint density at radius 1 is 1.22 bits per heavy atom. The smallest absolute Gasteiger partial charge is 0.366 e. The second-order valence-electron chi connectivity index (χ2n) is 5.25. The van der Waals surface area contributed by atoms with Gasteiger partial charge < -0.3 is 4.42 Å². The van der Waals surface area contributed by atoms with Gasteiger partial charge in [-0.3, -0.25) is 0 Å². The molecule has 0 aliphatic carbocycles. The molecule has 92 valence electrons. The van der Waals surface area contributed by atoms with E-state index < -0.39 is 5.63 Å². The van der Waals surface area contributed by atoms with Gasteiger partial charge in [0.25, 0.3) is 0 Å². The van der Waals surface area contributed by atoms with Gasteiger partial charge in [-0.25, -0.2) is 9.48 Å². The Morgan fingerprint density at radius 2 is 1.94 bits per heavy atom. The van der Waals surface area contributed by atoms with Crippen LogP contribution in [0, 0.1) is 0 Å². The summed E-state index contributed by atoms with van der Waals surface area (Å²) < 4.78 is 6.99. The topological polar surface area (TPSA) is 60.9 Å². The molecular formula is C13H13N3O2. The Balaban J connectivity index is 2.60. The van der Waals surface area contributed by atoms with Crippen molar-refractivity contribution in [2.45, 2.75) is 26.3 Å². The molecule has 3 rings (SSSR count). The zero-order valence-electron chi connectivity index (χ0n) is 10.5. The van der Waals surface area contributed by atoms with Crippen molar-refractivity contribution >= 4 is 22.0 Å². The van der Waals surface area contributed by atoms with Crippen LogP contribution in [0.3, 0.4) is 0 Å². The fourth-order valence-corrected chi connectivity index (χ4v) is 2.03. The lowest BCUT2D eigenvalue weighted by Gasteiger charge is -2.19. The molecule has 0 bridgehead atoms. The third-order valence-corrected chi connectivity index (χ3v) is 2.84. The highest BCUT2D eigenvalue weighted by atomic mass is 16.4. The molecular weight excluding hydrogens is 230 g/mol. The largest absolute Gasteiger partial charge is 0.421 e. The molecule has 0 atom stereocenters. The van der Waals surface area contributed by atoms with Gasteiger partial charge in [-0.05, 0) is 32.9 Å². The van der Waals surface area contributed by atoms with Crippen molar-refractivity contribution in [2.75, 3.05) is 0 Å². The van der Waals surface area contributed by atoms with Crippen molar-refractivity contribution in [3.63, 3.8) is 0 Å². The molecule has 0 radical (unpaired) electrons. The average Bonchev–Trinajstić information content (AvgIpc) is 2.74. The van der Waals surface area contributed by atoms with Crippen LogP contribution in [-0.4, -0.2) is 15.0 Å². The first-order valence-electron chi connectivity index (χ1n) is 5.76. The zero-order valence-corrected chi connectivity index (χ0v) is 10.5. The second-order valence-corrected chi connectivity index (χ2v) is 5.25. The first kappa shape index (κ1) is 11.0. The predicted octanol–water partition coefficient (Wildman–Crippen LogP) is 2.29. The van der Waals surface area contributed by atoms with E-state index in [1.807, 2.05) is 39.0 Å². The minimum absolute atomic E-state index is 0.245. The van der Waals surface area contributed by atoms with Gasteiger partial charge in [0.2, 0.25) is 0 Å². The Bertz CT molecular complexity index is 793. The van der Waals surface area contributed by atoms with Gasteiger partial charge in [-0.15, -0.1) is 5.10 Å². The van der Waals surface area contributed by atoms with Crippen LogP contribution in [0.2, 0.25) is 0 Å². The Hall–Kier alpha value is -2.17. The minimum atomic E-state index is -0.445. The van der Waals surface area contributed by atoms with E-state index in [0.717, 1.165) is 10.9 Å². The first-order valence-corrected chi connectivity index (χ1v) is 5.76. The van der Waals surface area contributed by atoms with Crippen LogP contribution in [-0.2, 0) is 5.54 Å². The Labute approximate surface area is 103 Å². The summed E-state index contributed by atoms with van der Waals surface area (Å²) in [5.74, 6) is 0. The fourth-order valence-electron chi connectivity index (χ4n) is 2.03. The molecule has 0 amide bonds. The van der Waals surface area contributed by atoms with Gasteiger partial charge >= 0.3 is 5.63 Å². The van der Waals surface area contributed by atoms with Gasteiger partial charge in [0.1, 0.15) is 11.1 Å². The number of benzene rings is 1. The predicted molar refractivity (Wildman–Crippen MR) is 68.6 cm³/mol. The SMILES string of the molecule is CC(C)(C)n1nnc2c(=O)oc3ccccc3c21. The molecule has 0 saturated carbocycles. The number of fused-ring (bicyclic) bond motifs is 3. The Kier molecular flexibility index (Phi) is 2.08. The summed E-state index contributed by atoms with van der Waals surface area (Å²) in [6.45, 7) is 6.06. The summed E-state index contributed by atoms with van der Waals surface area (Å²) in [5.41, 5.74) is 0.880. The maximum absolute atomic E-state index is 11.9. The second kappa shape index (κ2) is 3.41. The average molecular weight is 243 g/mol.